The molecule has 2 rings (SSSR count). The Balaban J connectivity index is 1.81. The maximum absolute atomic E-state index is 11.9. The van der Waals surface area contributed by atoms with Gasteiger partial charge in [-0.15, -0.1) is 0 Å². The summed E-state index contributed by atoms with van der Waals surface area (Å²) < 4.78 is 0. The number of amides is 2. The van der Waals surface area contributed by atoms with Gasteiger partial charge in [0.15, 0.2) is 0 Å². The Morgan fingerprint density at radius 3 is 2.33 bits per heavy atom. The summed E-state index contributed by atoms with van der Waals surface area (Å²) in [5.74, 6) is -0.571. The number of primary amides is 1. The number of carbonyl (C=O) groups is 3. The predicted molar refractivity (Wildman–Crippen MR) is 62.3 cm³/mol. The zero-order chi connectivity index (χ0) is 13.3. The number of carboxylic acid groups (broad SMARTS) is 1. The molecule has 0 aromatic carbocycles. The normalized spacial score (nSPS) is 30.3. The molecule has 100 valence electrons. The maximum Gasteiger partial charge on any atom is 0.326 e. The number of nitrogens with one attached hydrogen (secondary N) is 1. The van der Waals surface area contributed by atoms with E-state index in [2.05, 4.69) is 5.32 Å². The summed E-state index contributed by atoms with van der Waals surface area (Å²) in [6.07, 6.45) is 2.98. The minimum absolute atomic E-state index is 0.0346. The maximum atomic E-state index is 11.9. The smallest absolute Gasteiger partial charge is 0.326 e. The van der Waals surface area contributed by atoms with Gasteiger partial charge in [0.1, 0.15) is 6.04 Å². The Kier molecular flexibility index (Phi) is 3.54. The van der Waals surface area contributed by atoms with Crippen LogP contribution in [0.25, 0.3) is 0 Å². The molecule has 0 saturated heterocycles. The highest BCUT2D eigenvalue weighted by Gasteiger charge is 2.48. The highest BCUT2D eigenvalue weighted by Crippen LogP contribution is 2.54. The quantitative estimate of drug-likeness (QED) is 0.613. The molecule has 2 aliphatic carbocycles. The van der Waals surface area contributed by atoms with Crippen LogP contribution < -0.4 is 11.1 Å². The molecule has 6 nitrogen and oxygen atoms in total. The lowest BCUT2D eigenvalue weighted by Crippen LogP contribution is -2.43. The predicted octanol–water partition coefficient (Wildman–Crippen LogP) is -0.133. The van der Waals surface area contributed by atoms with Crippen molar-refractivity contribution in [1.82, 2.24) is 5.32 Å². The Labute approximate surface area is 105 Å². The zero-order valence-electron chi connectivity index (χ0n) is 10.1. The highest BCUT2D eigenvalue weighted by molar-refractivity contribution is 5.85. The molecule has 0 spiro atoms. The van der Waals surface area contributed by atoms with Crippen molar-refractivity contribution in [2.24, 2.45) is 23.5 Å². The number of rotatable bonds is 6. The second kappa shape index (κ2) is 4.96. The van der Waals surface area contributed by atoms with Crippen LogP contribution in [0.2, 0.25) is 0 Å². The van der Waals surface area contributed by atoms with E-state index in [-0.39, 0.29) is 24.7 Å². The van der Waals surface area contributed by atoms with E-state index in [1.807, 2.05) is 0 Å². The van der Waals surface area contributed by atoms with Gasteiger partial charge in [0, 0.05) is 12.3 Å². The first kappa shape index (κ1) is 12.9. The van der Waals surface area contributed by atoms with Crippen LogP contribution in [0.1, 0.15) is 32.1 Å². The van der Waals surface area contributed by atoms with E-state index >= 15 is 0 Å². The van der Waals surface area contributed by atoms with E-state index in [0.717, 1.165) is 12.8 Å². The Morgan fingerprint density at radius 2 is 1.83 bits per heavy atom. The van der Waals surface area contributed by atoms with Crippen molar-refractivity contribution in [3.05, 3.63) is 0 Å². The second-order valence-electron chi connectivity index (χ2n) is 5.33. The monoisotopic (exact) mass is 254 g/mol. The van der Waals surface area contributed by atoms with Gasteiger partial charge in [-0.2, -0.15) is 0 Å². The van der Waals surface area contributed by atoms with E-state index in [1.165, 1.54) is 6.42 Å². The number of carboxylic acids is 1. The summed E-state index contributed by atoms with van der Waals surface area (Å²) >= 11 is 0. The fourth-order valence-corrected chi connectivity index (χ4v) is 2.76. The highest BCUT2D eigenvalue weighted by atomic mass is 16.4. The average molecular weight is 254 g/mol. The number of fused-ring (bicyclic) bond motifs is 1. The summed E-state index contributed by atoms with van der Waals surface area (Å²) in [7, 11) is 0. The number of hydrogen-bond acceptors (Lipinski definition) is 3. The third kappa shape index (κ3) is 3.00. The van der Waals surface area contributed by atoms with Gasteiger partial charge in [-0.1, -0.05) is 0 Å². The van der Waals surface area contributed by atoms with E-state index in [0.29, 0.717) is 11.8 Å². The lowest BCUT2D eigenvalue weighted by Gasteiger charge is -2.17. The van der Waals surface area contributed by atoms with Crippen molar-refractivity contribution in [2.75, 3.05) is 0 Å². The summed E-state index contributed by atoms with van der Waals surface area (Å²) in [6, 6.07) is -1.01. The first-order valence-corrected chi connectivity index (χ1v) is 6.29. The van der Waals surface area contributed by atoms with Crippen LogP contribution >= 0.6 is 0 Å². The number of hydrogen-bond donors (Lipinski definition) is 3. The van der Waals surface area contributed by atoms with Crippen LogP contribution in [-0.2, 0) is 14.4 Å². The van der Waals surface area contributed by atoms with E-state index in [4.69, 9.17) is 10.8 Å². The molecule has 2 amide bonds. The van der Waals surface area contributed by atoms with Gasteiger partial charge < -0.3 is 16.2 Å². The molecule has 0 radical (unpaired) electrons. The summed E-state index contributed by atoms with van der Waals surface area (Å²) in [6.45, 7) is 0. The standard InChI is InChI=1S/C12H18N2O4/c13-10(15)2-1-9(12(17)18)14-11(16)8-4-6-3-7(6)5-8/h6-9H,1-5H2,(H2,13,15)(H,14,16)(H,17,18). The third-order valence-corrected chi connectivity index (χ3v) is 3.91. The fourth-order valence-electron chi connectivity index (χ4n) is 2.76. The summed E-state index contributed by atoms with van der Waals surface area (Å²) in [5, 5.41) is 11.5. The average Bonchev–Trinajstić information content (AvgIpc) is 2.90. The fraction of sp³-hybridized carbons (Fsp3) is 0.750. The molecule has 3 atom stereocenters. The SMILES string of the molecule is NC(=O)CCC(NC(=O)C1CC2CC2C1)C(=O)O. The van der Waals surface area contributed by atoms with Crippen molar-refractivity contribution < 1.29 is 19.5 Å². The van der Waals surface area contributed by atoms with Crippen molar-refractivity contribution in [1.29, 1.82) is 0 Å². The van der Waals surface area contributed by atoms with Gasteiger partial charge in [-0.05, 0) is 37.5 Å². The van der Waals surface area contributed by atoms with Crippen molar-refractivity contribution in [3.63, 3.8) is 0 Å². The summed E-state index contributed by atoms with van der Waals surface area (Å²) in [5.41, 5.74) is 4.97. The van der Waals surface area contributed by atoms with Gasteiger partial charge in [-0.3, -0.25) is 9.59 Å². The lowest BCUT2D eigenvalue weighted by molar-refractivity contribution is -0.142. The molecular formula is C12H18N2O4. The van der Waals surface area contributed by atoms with Gasteiger partial charge in [0.25, 0.3) is 0 Å². The van der Waals surface area contributed by atoms with Gasteiger partial charge in [0.05, 0.1) is 0 Å². The zero-order valence-corrected chi connectivity index (χ0v) is 10.1. The molecular weight excluding hydrogens is 236 g/mol. The second-order valence-corrected chi connectivity index (χ2v) is 5.33. The Bertz CT molecular complexity index is 372. The van der Waals surface area contributed by atoms with Gasteiger partial charge in [0.2, 0.25) is 11.8 Å². The molecule has 0 aromatic rings. The molecule has 0 bridgehead atoms. The molecule has 0 aromatic heterocycles. The van der Waals surface area contributed by atoms with E-state index < -0.39 is 17.9 Å². The van der Waals surface area contributed by atoms with Gasteiger partial charge >= 0.3 is 5.97 Å². The van der Waals surface area contributed by atoms with Crippen LogP contribution in [-0.4, -0.2) is 28.9 Å². The molecule has 3 unspecified atom stereocenters. The number of carbonyl (C=O) groups excluding carboxylic acids is 2. The van der Waals surface area contributed by atoms with Crippen molar-refractivity contribution in [2.45, 2.75) is 38.1 Å². The Morgan fingerprint density at radius 1 is 1.22 bits per heavy atom. The van der Waals surface area contributed by atoms with E-state index in [1.54, 1.807) is 0 Å². The molecule has 18 heavy (non-hydrogen) atoms. The molecule has 0 heterocycles. The van der Waals surface area contributed by atoms with Gasteiger partial charge in [-0.25, -0.2) is 4.79 Å². The molecule has 2 saturated carbocycles. The van der Waals surface area contributed by atoms with Crippen LogP contribution in [0.3, 0.4) is 0 Å². The van der Waals surface area contributed by atoms with Crippen LogP contribution in [0.15, 0.2) is 0 Å². The Hall–Kier alpha value is -1.59. The first-order chi connectivity index (χ1) is 8.47. The third-order valence-electron chi connectivity index (χ3n) is 3.91. The lowest BCUT2D eigenvalue weighted by atomic mass is 10.0. The number of aliphatic carboxylic acids is 1. The minimum Gasteiger partial charge on any atom is -0.480 e. The largest absolute Gasteiger partial charge is 0.480 e. The number of nitrogens with two attached hydrogens (primary N) is 1. The minimum atomic E-state index is -1.12. The molecule has 2 aliphatic rings. The molecule has 6 heteroatoms. The molecule has 2 fully saturated rings. The van der Waals surface area contributed by atoms with Crippen molar-refractivity contribution in [3.8, 4) is 0 Å². The molecule has 4 N–H and O–H groups in total. The van der Waals surface area contributed by atoms with Crippen LogP contribution in [0.4, 0.5) is 0 Å². The first-order valence-electron chi connectivity index (χ1n) is 6.29. The molecule has 0 aliphatic heterocycles. The topological polar surface area (TPSA) is 109 Å². The van der Waals surface area contributed by atoms with Crippen LogP contribution in [0, 0.1) is 17.8 Å². The van der Waals surface area contributed by atoms with Crippen LogP contribution in [0.5, 0.6) is 0 Å². The summed E-state index contributed by atoms with van der Waals surface area (Å²) in [4.78, 5) is 33.5. The van der Waals surface area contributed by atoms with E-state index in [9.17, 15) is 14.4 Å². The van der Waals surface area contributed by atoms with Crippen molar-refractivity contribution >= 4 is 17.8 Å².